The predicted molar refractivity (Wildman–Crippen MR) is 79.9 cm³/mol. The number of hydrogen-bond donors (Lipinski definition) is 1. The summed E-state index contributed by atoms with van der Waals surface area (Å²) in [7, 11) is -3.89. The lowest BCUT2D eigenvalue weighted by Gasteiger charge is -2.27. The number of rotatable bonds is 3. The van der Waals surface area contributed by atoms with E-state index in [9.17, 15) is 8.42 Å². The highest BCUT2D eigenvalue weighted by molar-refractivity contribution is 7.89. The van der Waals surface area contributed by atoms with Crippen molar-refractivity contribution in [2.75, 3.05) is 0 Å². The van der Waals surface area contributed by atoms with Crippen molar-refractivity contribution in [1.82, 2.24) is 0 Å². The summed E-state index contributed by atoms with van der Waals surface area (Å²) in [6, 6.07) is 2.66. The molecule has 0 amide bonds. The van der Waals surface area contributed by atoms with E-state index in [-0.39, 0.29) is 21.0 Å². The van der Waals surface area contributed by atoms with Gasteiger partial charge in [0.2, 0.25) is 10.0 Å². The summed E-state index contributed by atoms with van der Waals surface area (Å²) in [6.07, 6.45) is 4.35. The van der Waals surface area contributed by atoms with Crippen molar-refractivity contribution >= 4 is 33.2 Å². The summed E-state index contributed by atoms with van der Waals surface area (Å²) in [6.45, 7) is 2.19. The van der Waals surface area contributed by atoms with Crippen LogP contribution in [0.5, 0.6) is 5.75 Å². The molecule has 0 bridgehead atoms. The summed E-state index contributed by atoms with van der Waals surface area (Å²) >= 11 is 12.0. The maximum Gasteiger partial charge on any atom is 0.239 e. The molecular weight excluding hydrogens is 321 g/mol. The van der Waals surface area contributed by atoms with Gasteiger partial charge in [-0.05, 0) is 31.2 Å². The lowest BCUT2D eigenvalue weighted by molar-refractivity contribution is 0.129. The molecule has 4 nitrogen and oxygen atoms in total. The van der Waals surface area contributed by atoms with E-state index in [1.807, 2.05) is 0 Å². The van der Waals surface area contributed by atoms with Crippen LogP contribution in [0.15, 0.2) is 17.0 Å². The minimum Gasteiger partial charge on any atom is -0.489 e. The summed E-state index contributed by atoms with van der Waals surface area (Å²) in [5.74, 6) is 1.02. The second kappa shape index (κ2) is 6.10. The molecule has 20 heavy (non-hydrogen) atoms. The molecule has 0 saturated heterocycles. The van der Waals surface area contributed by atoms with Crippen molar-refractivity contribution in [3.05, 3.63) is 22.2 Å². The van der Waals surface area contributed by atoms with Gasteiger partial charge in [-0.3, -0.25) is 0 Å². The Labute approximate surface area is 129 Å². The molecule has 1 aliphatic carbocycles. The number of sulfonamides is 1. The smallest absolute Gasteiger partial charge is 0.239 e. The quantitative estimate of drug-likeness (QED) is 0.915. The fourth-order valence-electron chi connectivity index (χ4n) is 2.48. The van der Waals surface area contributed by atoms with Gasteiger partial charge in [-0.15, -0.1) is 0 Å². The Bertz CT molecular complexity index is 604. The molecule has 0 spiro atoms. The van der Waals surface area contributed by atoms with Crippen LogP contribution in [0.2, 0.25) is 10.0 Å². The SMILES string of the molecule is CC1CCCC(Oc2cc(Cl)c(S(N)(=O)=O)cc2Cl)C1. The fourth-order valence-corrected chi connectivity index (χ4v) is 3.85. The summed E-state index contributed by atoms with van der Waals surface area (Å²) in [5.41, 5.74) is 0. The number of benzene rings is 1. The van der Waals surface area contributed by atoms with Gasteiger partial charge in [0.25, 0.3) is 0 Å². The van der Waals surface area contributed by atoms with E-state index in [0.717, 1.165) is 19.3 Å². The van der Waals surface area contributed by atoms with Crippen LogP contribution >= 0.6 is 23.2 Å². The Morgan fingerprint density at radius 1 is 1.25 bits per heavy atom. The summed E-state index contributed by atoms with van der Waals surface area (Å²) < 4.78 is 28.5. The third-order valence-corrected chi connectivity index (χ3v) is 5.15. The lowest BCUT2D eigenvalue weighted by atomic mass is 9.89. The molecule has 2 unspecified atom stereocenters. The number of halogens is 2. The average Bonchev–Trinajstić information content (AvgIpc) is 2.32. The first-order valence-electron chi connectivity index (χ1n) is 6.46. The van der Waals surface area contributed by atoms with Gasteiger partial charge in [0, 0.05) is 6.07 Å². The number of hydrogen-bond acceptors (Lipinski definition) is 3. The van der Waals surface area contributed by atoms with Gasteiger partial charge in [0.1, 0.15) is 10.6 Å². The first-order chi connectivity index (χ1) is 9.27. The maximum absolute atomic E-state index is 11.3. The van der Waals surface area contributed by atoms with Gasteiger partial charge in [-0.25, -0.2) is 13.6 Å². The van der Waals surface area contributed by atoms with Crippen LogP contribution in [0.1, 0.15) is 32.6 Å². The second-order valence-corrected chi connectivity index (χ2v) is 7.61. The molecule has 1 aromatic carbocycles. The van der Waals surface area contributed by atoms with Gasteiger partial charge in [-0.2, -0.15) is 0 Å². The van der Waals surface area contributed by atoms with Crippen LogP contribution in [-0.2, 0) is 10.0 Å². The van der Waals surface area contributed by atoms with Gasteiger partial charge in [0.05, 0.1) is 16.1 Å². The molecule has 1 aromatic rings. The van der Waals surface area contributed by atoms with Crippen molar-refractivity contribution in [2.24, 2.45) is 11.1 Å². The molecule has 0 aromatic heterocycles. The van der Waals surface area contributed by atoms with Gasteiger partial charge >= 0.3 is 0 Å². The standard InChI is InChI=1S/C13H17Cl2NO3S/c1-8-3-2-4-9(5-8)19-12-6-11(15)13(7-10(12)14)20(16,17)18/h6-9H,2-5H2,1H3,(H2,16,17,18). The molecule has 2 rings (SSSR count). The zero-order chi connectivity index (χ0) is 14.9. The molecule has 2 atom stereocenters. The minimum absolute atomic E-state index is 0.0238. The molecule has 7 heteroatoms. The Morgan fingerprint density at radius 3 is 2.55 bits per heavy atom. The fraction of sp³-hybridized carbons (Fsp3) is 0.538. The number of ether oxygens (including phenoxy) is 1. The predicted octanol–water partition coefficient (Wildman–Crippen LogP) is 3.60. The minimum atomic E-state index is -3.89. The monoisotopic (exact) mass is 337 g/mol. The second-order valence-electron chi connectivity index (χ2n) is 5.27. The zero-order valence-electron chi connectivity index (χ0n) is 11.1. The molecule has 1 fully saturated rings. The van der Waals surface area contributed by atoms with E-state index in [1.165, 1.54) is 18.6 Å². The summed E-state index contributed by atoms with van der Waals surface area (Å²) in [5, 5.41) is 5.30. The molecule has 2 N–H and O–H groups in total. The Hall–Kier alpha value is -0.490. The maximum atomic E-state index is 11.3. The molecule has 1 saturated carbocycles. The van der Waals surface area contributed by atoms with Crippen LogP contribution in [0.4, 0.5) is 0 Å². The van der Waals surface area contributed by atoms with Crippen LogP contribution in [0.3, 0.4) is 0 Å². The molecule has 0 heterocycles. The highest BCUT2D eigenvalue weighted by atomic mass is 35.5. The van der Waals surface area contributed by atoms with E-state index in [1.54, 1.807) is 0 Å². The first-order valence-corrected chi connectivity index (χ1v) is 8.76. The normalized spacial score (nSPS) is 23.6. The van der Waals surface area contributed by atoms with Crippen molar-refractivity contribution in [3.63, 3.8) is 0 Å². The van der Waals surface area contributed by atoms with Crippen LogP contribution in [0.25, 0.3) is 0 Å². The third-order valence-electron chi connectivity index (χ3n) is 3.47. The topological polar surface area (TPSA) is 69.4 Å². The van der Waals surface area contributed by atoms with Gasteiger partial charge in [-0.1, -0.05) is 36.5 Å². The average molecular weight is 338 g/mol. The molecule has 0 radical (unpaired) electrons. The van der Waals surface area contributed by atoms with E-state index in [2.05, 4.69) is 6.92 Å². The first kappa shape index (κ1) is 15.9. The zero-order valence-corrected chi connectivity index (χ0v) is 13.4. The van der Waals surface area contributed by atoms with Crippen LogP contribution in [-0.4, -0.2) is 14.5 Å². The Kier molecular flexibility index (Phi) is 4.84. The van der Waals surface area contributed by atoms with E-state index in [0.29, 0.717) is 11.7 Å². The van der Waals surface area contributed by atoms with Crippen LogP contribution in [0, 0.1) is 5.92 Å². The lowest BCUT2D eigenvalue weighted by Crippen LogP contribution is -2.24. The summed E-state index contributed by atoms with van der Waals surface area (Å²) in [4.78, 5) is -0.187. The molecule has 0 aliphatic heterocycles. The molecule has 112 valence electrons. The van der Waals surface area contributed by atoms with Crippen molar-refractivity contribution in [3.8, 4) is 5.75 Å². The van der Waals surface area contributed by atoms with Crippen LogP contribution < -0.4 is 9.88 Å². The van der Waals surface area contributed by atoms with Crippen molar-refractivity contribution < 1.29 is 13.2 Å². The number of nitrogens with two attached hydrogens (primary N) is 1. The van der Waals surface area contributed by atoms with Gasteiger partial charge in [0.15, 0.2) is 0 Å². The highest BCUT2D eigenvalue weighted by Gasteiger charge is 2.23. The molecule has 1 aliphatic rings. The van der Waals surface area contributed by atoms with Crippen molar-refractivity contribution in [1.29, 1.82) is 0 Å². The number of primary sulfonamides is 1. The van der Waals surface area contributed by atoms with E-state index in [4.69, 9.17) is 33.1 Å². The van der Waals surface area contributed by atoms with Gasteiger partial charge < -0.3 is 4.74 Å². The molecular formula is C13H17Cl2NO3S. The largest absolute Gasteiger partial charge is 0.489 e. The third kappa shape index (κ3) is 3.79. The van der Waals surface area contributed by atoms with Crippen molar-refractivity contribution in [2.45, 2.75) is 43.6 Å². The van der Waals surface area contributed by atoms with E-state index >= 15 is 0 Å². The Morgan fingerprint density at radius 2 is 1.95 bits per heavy atom. The Balaban J connectivity index is 2.23. The van der Waals surface area contributed by atoms with E-state index < -0.39 is 10.0 Å². The highest BCUT2D eigenvalue weighted by Crippen LogP contribution is 2.35.